The van der Waals surface area contributed by atoms with Crippen molar-refractivity contribution in [3.63, 3.8) is 0 Å². The third kappa shape index (κ3) is 4.24. The molecule has 0 radical (unpaired) electrons. The zero-order chi connectivity index (χ0) is 20.2. The van der Waals surface area contributed by atoms with E-state index in [1.165, 1.54) is 0 Å². The number of carbonyl (C=O) groups is 1. The summed E-state index contributed by atoms with van der Waals surface area (Å²) in [6.45, 7) is 2.03. The van der Waals surface area contributed by atoms with Crippen LogP contribution in [0.1, 0.15) is 24.8 Å². The maximum absolute atomic E-state index is 12.5. The zero-order valence-corrected chi connectivity index (χ0v) is 16.0. The maximum atomic E-state index is 12.5. The molecule has 0 aliphatic heterocycles. The van der Waals surface area contributed by atoms with Crippen molar-refractivity contribution in [2.45, 2.75) is 19.3 Å². The predicted molar refractivity (Wildman–Crippen MR) is 114 cm³/mol. The summed E-state index contributed by atoms with van der Waals surface area (Å²) >= 11 is 0. The summed E-state index contributed by atoms with van der Waals surface area (Å²) in [7, 11) is 0. The minimum absolute atomic E-state index is 0.0774. The molecular formula is C24H20N2O3. The lowest BCUT2D eigenvalue weighted by atomic mass is 9.97. The number of carbonyl (C=O) groups excluding carboxylic acids is 1. The molecule has 4 aromatic rings. The lowest BCUT2D eigenvalue weighted by Crippen LogP contribution is -2.14. The molecule has 1 unspecified atom stereocenters. The van der Waals surface area contributed by atoms with Crippen LogP contribution in [-0.2, 0) is 4.79 Å². The van der Waals surface area contributed by atoms with Gasteiger partial charge in [0.05, 0.1) is 10.9 Å². The summed E-state index contributed by atoms with van der Waals surface area (Å²) in [5.41, 5.74) is 2.52. The number of anilines is 1. The van der Waals surface area contributed by atoms with Crippen molar-refractivity contribution in [1.29, 1.82) is 0 Å². The first-order valence-corrected chi connectivity index (χ1v) is 9.45. The second-order valence-corrected chi connectivity index (χ2v) is 6.97. The number of para-hydroxylation sites is 1. The van der Waals surface area contributed by atoms with E-state index in [-0.39, 0.29) is 17.7 Å². The Morgan fingerprint density at radius 2 is 1.76 bits per heavy atom. The molecule has 0 bridgehead atoms. The molecule has 144 valence electrons. The van der Waals surface area contributed by atoms with Crippen LogP contribution in [0.2, 0.25) is 0 Å². The summed E-state index contributed by atoms with van der Waals surface area (Å²) < 4.78 is 5.38. The van der Waals surface area contributed by atoms with Gasteiger partial charge in [0.1, 0.15) is 0 Å². The quantitative estimate of drug-likeness (QED) is 0.526. The van der Waals surface area contributed by atoms with Crippen LogP contribution in [0.15, 0.2) is 88.1 Å². The predicted octanol–water partition coefficient (Wildman–Crippen LogP) is 4.99. The smallest absolute Gasteiger partial charge is 0.347 e. The van der Waals surface area contributed by atoms with Gasteiger partial charge in [-0.25, -0.2) is 9.78 Å². The SMILES string of the molecule is CC(CC(=O)Nc1cccc(-c2nc3ccccc3c(=O)o2)c1)c1ccccc1. The molecule has 0 fully saturated rings. The molecular weight excluding hydrogens is 364 g/mol. The first kappa shape index (κ1) is 18.6. The van der Waals surface area contributed by atoms with Crippen molar-refractivity contribution in [2.75, 3.05) is 5.32 Å². The van der Waals surface area contributed by atoms with Gasteiger partial charge in [0, 0.05) is 17.7 Å². The highest BCUT2D eigenvalue weighted by Gasteiger charge is 2.13. The fraction of sp³-hybridized carbons (Fsp3) is 0.125. The van der Waals surface area contributed by atoms with Gasteiger partial charge in [-0.15, -0.1) is 0 Å². The van der Waals surface area contributed by atoms with Gasteiger partial charge < -0.3 is 9.73 Å². The minimum atomic E-state index is -0.434. The van der Waals surface area contributed by atoms with Gasteiger partial charge >= 0.3 is 5.63 Å². The van der Waals surface area contributed by atoms with Crippen LogP contribution in [-0.4, -0.2) is 10.9 Å². The Morgan fingerprint density at radius 1 is 1.00 bits per heavy atom. The summed E-state index contributed by atoms with van der Waals surface area (Å²) in [6.07, 6.45) is 0.373. The second-order valence-electron chi connectivity index (χ2n) is 6.97. The van der Waals surface area contributed by atoms with Gasteiger partial charge in [0.2, 0.25) is 11.8 Å². The molecule has 3 aromatic carbocycles. The van der Waals surface area contributed by atoms with E-state index in [0.29, 0.717) is 28.6 Å². The number of aromatic nitrogens is 1. The van der Waals surface area contributed by atoms with Crippen molar-refractivity contribution >= 4 is 22.5 Å². The van der Waals surface area contributed by atoms with Gasteiger partial charge in [-0.05, 0) is 41.8 Å². The average molecular weight is 384 g/mol. The molecule has 5 heteroatoms. The second kappa shape index (κ2) is 8.10. The topological polar surface area (TPSA) is 72.2 Å². The van der Waals surface area contributed by atoms with Crippen LogP contribution in [0.4, 0.5) is 5.69 Å². The molecule has 0 aliphatic rings. The van der Waals surface area contributed by atoms with E-state index < -0.39 is 5.63 Å². The van der Waals surface area contributed by atoms with E-state index in [0.717, 1.165) is 5.56 Å². The van der Waals surface area contributed by atoms with Crippen molar-refractivity contribution in [1.82, 2.24) is 4.98 Å². The first-order chi connectivity index (χ1) is 14.1. The number of rotatable bonds is 5. The standard InChI is InChI=1S/C24H20N2O3/c1-16(17-8-3-2-4-9-17)14-22(27)25-19-11-7-10-18(15-19)23-26-21-13-6-5-12-20(21)24(28)29-23/h2-13,15-16H,14H2,1H3,(H,25,27). The Hall–Kier alpha value is -3.73. The van der Waals surface area contributed by atoms with Crippen molar-refractivity contribution in [3.8, 4) is 11.5 Å². The molecule has 1 N–H and O–H groups in total. The molecule has 1 atom stereocenters. The zero-order valence-electron chi connectivity index (χ0n) is 16.0. The number of hydrogen-bond donors (Lipinski definition) is 1. The van der Waals surface area contributed by atoms with E-state index in [4.69, 9.17) is 4.42 Å². The largest absolute Gasteiger partial charge is 0.403 e. The highest BCUT2D eigenvalue weighted by atomic mass is 16.4. The van der Waals surface area contributed by atoms with E-state index in [1.54, 1.807) is 42.5 Å². The summed E-state index contributed by atoms with van der Waals surface area (Å²) in [5, 5.41) is 3.36. The van der Waals surface area contributed by atoms with Gasteiger partial charge in [0.25, 0.3) is 0 Å². The molecule has 4 rings (SSSR count). The number of benzene rings is 3. The average Bonchev–Trinajstić information content (AvgIpc) is 2.74. The number of fused-ring (bicyclic) bond motifs is 1. The minimum Gasteiger partial charge on any atom is -0.403 e. The van der Waals surface area contributed by atoms with E-state index in [9.17, 15) is 9.59 Å². The summed E-state index contributed by atoms with van der Waals surface area (Å²) in [5.74, 6) is 0.258. The van der Waals surface area contributed by atoms with E-state index in [1.807, 2.05) is 43.3 Å². The van der Waals surface area contributed by atoms with Crippen molar-refractivity contribution < 1.29 is 9.21 Å². The number of nitrogens with one attached hydrogen (secondary N) is 1. The van der Waals surface area contributed by atoms with Crippen molar-refractivity contribution in [3.05, 3.63) is 94.8 Å². The fourth-order valence-electron chi connectivity index (χ4n) is 3.26. The van der Waals surface area contributed by atoms with Gasteiger partial charge in [0.15, 0.2) is 0 Å². The highest BCUT2D eigenvalue weighted by Crippen LogP contribution is 2.23. The summed E-state index contributed by atoms with van der Waals surface area (Å²) in [6, 6.07) is 24.1. The van der Waals surface area contributed by atoms with Gasteiger partial charge in [-0.2, -0.15) is 0 Å². The molecule has 0 saturated heterocycles. The molecule has 0 spiro atoms. The van der Waals surface area contributed by atoms with Crippen LogP contribution in [0.25, 0.3) is 22.4 Å². The highest BCUT2D eigenvalue weighted by molar-refractivity contribution is 5.92. The third-order valence-corrected chi connectivity index (χ3v) is 4.79. The number of hydrogen-bond acceptors (Lipinski definition) is 4. The molecule has 1 aromatic heterocycles. The molecule has 5 nitrogen and oxygen atoms in total. The monoisotopic (exact) mass is 384 g/mol. The molecule has 1 heterocycles. The van der Waals surface area contributed by atoms with Gasteiger partial charge in [-0.1, -0.05) is 55.5 Å². The molecule has 0 aliphatic carbocycles. The maximum Gasteiger partial charge on any atom is 0.347 e. The Kier molecular flexibility index (Phi) is 5.20. The Balaban J connectivity index is 1.53. The Bertz CT molecular complexity index is 1220. The Labute approximate surface area is 168 Å². The first-order valence-electron chi connectivity index (χ1n) is 9.45. The Morgan fingerprint density at radius 3 is 2.59 bits per heavy atom. The van der Waals surface area contributed by atoms with E-state index >= 15 is 0 Å². The van der Waals surface area contributed by atoms with Gasteiger partial charge in [-0.3, -0.25) is 4.79 Å². The van der Waals surface area contributed by atoms with Crippen LogP contribution in [0, 0.1) is 0 Å². The van der Waals surface area contributed by atoms with Crippen molar-refractivity contribution in [2.24, 2.45) is 0 Å². The molecule has 1 amide bonds. The van der Waals surface area contributed by atoms with Crippen LogP contribution >= 0.6 is 0 Å². The van der Waals surface area contributed by atoms with Crippen LogP contribution < -0.4 is 10.9 Å². The fourth-order valence-corrected chi connectivity index (χ4v) is 3.26. The molecule has 29 heavy (non-hydrogen) atoms. The van der Waals surface area contributed by atoms with Crippen LogP contribution in [0.5, 0.6) is 0 Å². The van der Waals surface area contributed by atoms with Crippen LogP contribution in [0.3, 0.4) is 0 Å². The number of nitrogens with zero attached hydrogens (tertiary/aromatic N) is 1. The lowest BCUT2D eigenvalue weighted by molar-refractivity contribution is -0.116. The normalized spacial score (nSPS) is 11.9. The summed E-state index contributed by atoms with van der Waals surface area (Å²) in [4.78, 5) is 29.1. The molecule has 0 saturated carbocycles. The number of amides is 1. The van der Waals surface area contributed by atoms with E-state index in [2.05, 4.69) is 10.3 Å². The third-order valence-electron chi connectivity index (χ3n) is 4.79. The lowest BCUT2D eigenvalue weighted by Gasteiger charge is -2.12.